The minimum atomic E-state index is -0.330. The van der Waals surface area contributed by atoms with Crippen molar-refractivity contribution in [3.63, 3.8) is 0 Å². The van der Waals surface area contributed by atoms with Gasteiger partial charge in [-0.15, -0.1) is 0 Å². The van der Waals surface area contributed by atoms with Crippen molar-refractivity contribution in [1.82, 2.24) is 0 Å². The lowest BCUT2D eigenvalue weighted by molar-refractivity contribution is -0.146. The lowest BCUT2D eigenvalue weighted by Crippen LogP contribution is -2.09. The van der Waals surface area contributed by atoms with E-state index in [9.17, 15) is 9.59 Å². The number of rotatable bonds is 5. The molecule has 0 aromatic carbocycles. The van der Waals surface area contributed by atoms with Crippen molar-refractivity contribution >= 4 is 22.4 Å². The van der Waals surface area contributed by atoms with Gasteiger partial charge in [-0.2, -0.15) is 0 Å². The summed E-state index contributed by atoms with van der Waals surface area (Å²) in [6, 6.07) is 0. The molecule has 0 saturated carbocycles. The highest BCUT2D eigenvalue weighted by molar-refractivity contribution is 6.05. The van der Waals surface area contributed by atoms with Gasteiger partial charge in [0.15, 0.2) is 0 Å². The molecular formula is C7H14O4Si. The van der Waals surface area contributed by atoms with Gasteiger partial charge in [0.05, 0.1) is 19.4 Å². The van der Waals surface area contributed by atoms with E-state index in [1.54, 1.807) is 0 Å². The molecule has 0 bridgehead atoms. The molecule has 0 fully saturated rings. The van der Waals surface area contributed by atoms with Crippen LogP contribution in [0.1, 0.15) is 26.2 Å². The van der Waals surface area contributed by atoms with Crippen molar-refractivity contribution in [3.8, 4) is 0 Å². The van der Waals surface area contributed by atoms with Crippen LogP contribution in [0.2, 0.25) is 0 Å². The molecule has 0 radical (unpaired) electrons. The van der Waals surface area contributed by atoms with Gasteiger partial charge < -0.3 is 9.16 Å². The Kier molecular flexibility index (Phi) is 6.36. The summed E-state index contributed by atoms with van der Waals surface area (Å²) in [6.45, 7) is 2.34. The van der Waals surface area contributed by atoms with Crippen molar-refractivity contribution in [2.45, 2.75) is 26.2 Å². The Morgan fingerprint density at radius 2 is 1.83 bits per heavy atom. The summed E-state index contributed by atoms with van der Waals surface area (Å²) in [5.74, 6) is -0.654. The molecule has 0 unspecified atom stereocenters. The molecule has 12 heavy (non-hydrogen) atoms. The molecule has 0 aliphatic carbocycles. The number of hydrogen-bond donors (Lipinski definition) is 0. The van der Waals surface area contributed by atoms with Crippen LogP contribution in [-0.4, -0.2) is 29.0 Å². The molecule has 4 nitrogen and oxygen atoms in total. The Hall–Kier alpha value is -0.843. The Morgan fingerprint density at radius 3 is 2.33 bits per heavy atom. The third-order valence-corrected chi connectivity index (χ3v) is 1.68. The molecule has 0 atom stereocenters. The summed E-state index contributed by atoms with van der Waals surface area (Å²) in [7, 11) is 0.384. The number of carbonyl (C=O) groups excluding carboxylic acids is 2. The summed E-state index contributed by atoms with van der Waals surface area (Å²) < 4.78 is 9.25. The quantitative estimate of drug-likeness (QED) is 0.435. The highest BCUT2D eigenvalue weighted by Crippen LogP contribution is 1.95. The lowest BCUT2D eigenvalue weighted by atomic mass is 10.3. The second-order valence-corrected chi connectivity index (χ2v) is 2.70. The molecule has 0 saturated heterocycles. The van der Waals surface area contributed by atoms with Gasteiger partial charge in [-0.1, -0.05) is 6.92 Å². The maximum atomic E-state index is 10.8. The molecular weight excluding hydrogens is 176 g/mol. The van der Waals surface area contributed by atoms with Crippen molar-refractivity contribution in [2.75, 3.05) is 6.61 Å². The van der Waals surface area contributed by atoms with Crippen LogP contribution >= 0.6 is 0 Å². The van der Waals surface area contributed by atoms with Gasteiger partial charge in [-0.05, 0) is 6.42 Å². The van der Waals surface area contributed by atoms with Crippen molar-refractivity contribution < 1.29 is 18.8 Å². The third kappa shape index (κ3) is 5.91. The van der Waals surface area contributed by atoms with Crippen LogP contribution in [0.3, 0.4) is 0 Å². The summed E-state index contributed by atoms with van der Waals surface area (Å²) in [6.07, 6.45) is 1.06. The standard InChI is InChI=1S/C7H14O4Si/c1-2-5-10-6(8)3-4-7(9)11-12/h2-5H2,1,12H3. The second kappa shape index (κ2) is 6.84. The predicted octanol–water partition coefficient (Wildman–Crippen LogP) is -0.457. The summed E-state index contributed by atoms with van der Waals surface area (Å²) in [4.78, 5) is 21.4. The third-order valence-electron chi connectivity index (χ3n) is 1.23. The summed E-state index contributed by atoms with van der Waals surface area (Å²) in [5.41, 5.74) is 0. The first-order chi connectivity index (χ1) is 5.70. The molecule has 0 heterocycles. The first-order valence-electron chi connectivity index (χ1n) is 3.93. The zero-order valence-electron chi connectivity index (χ0n) is 7.46. The Balaban J connectivity index is 3.37. The Bertz CT molecular complexity index is 157. The Morgan fingerprint density at radius 1 is 1.25 bits per heavy atom. The Labute approximate surface area is 74.8 Å². The minimum Gasteiger partial charge on any atom is -0.529 e. The van der Waals surface area contributed by atoms with E-state index < -0.39 is 0 Å². The zero-order chi connectivity index (χ0) is 9.40. The molecule has 0 aromatic heterocycles. The topological polar surface area (TPSA) is 52.6 Å². The fourth-order valence-electron chi connectivity index (χ4n) is 0.594. The molecule has 70 valence electrons. The molecule has 0 aliphatic rings. The molecule has 5 heteroatoms. The van der Waals surface area contributed by atoms with Crippen LogP contribution < -0.4 is 0 Å². The van der Waals surface area contributed by atoms with Crippen molar-refractivity contribution in [2.24, 2.45) is 0 Å². The van der Waals surface area contributed by atoms with E-state index in [0.29, 0.717) is 17.1 Å². The van der Waals surface area contributed by atoms with Gasteiger partial charge in [0.2, 0.25) is 10.5 Å². The van der Waals surface area contributed by atoms with Gasteiger partial charge >= 0.3 is 5.97 Å². The smallest absolute Gasteiger partial charge is 0.306 e. The SMILES string of the molecule is CCCOC(=O)CCC(=O)O[SiH3]. The largest absolute Gasteiger partial charge is 0.529 e. The van der Waals surface area contributed by atoms with E-state index in [-0.39, 0.29) is 24.8 Å². The van der Waals surface area contributed by atoms with Gasteiger partial charge in [0, 0.05) is 0 Å². The first-order valence-corrected chi connectivity index (χ1v) is 4.74. The fraction of sp³-hybridized carbons (Fsp3) is 0.714. The molecule has 0 amide bonds. The second-order valence-electron chi connectivity index (χ2n) is 2.30. The number of esters is 1. The van der Waals surface area contributed by atoms with Gasteiger partial charge in [0.25, 0.3) is 5.97 Å². The molecule has 0 N–H and O–H groups in total. The highest BCUT2D eigenvalue weighted by Gasteiger charge is 2.06. The maximum absolute atomic E-state index is 10.8. The first kappa shape index (κ1) is 11.2. The number of carbonyl (C=O) groups is 2. The van der Waals surface area contributed by atoms with Crippen molar-refractivity contribution in [1.29, 1.82) is 0 Å². The summed E-state index contributed by atoms with van der Waals surface area (Å²) in [5, 5.41) is 0. The van der Waals surface area contributed by atoms with Gasteiger partial charge in [0.1, 0.15) is 0 Å². The van der Waals surface area contributed by atoms with Crippen LogP contribution in [-0.2, 0) is 18.8 Å². The monoisotopic (exact) mass is 190 g/mol. The summed E-state index contributed by atoms with van der Waals surface area (Å²) >= 11 is 0. The van der Waals surface area contributed by atoms with Crippen LogP contribution in [0.15, 0.2) is 0 Å². The average Bonchev–Trinajstić information content (AvgIpc) is 2.10. The van der Waals surface area contributed by atoms with E-state index >= 15 is 0 Å². The van der Waals surface area contributed by atoms with Crippen LogP contribution in [0.5, 0.6) is 0 Å². The molecule has 0 aliphatic heterocycles. The van der Waals surface area contributed by atoms with Crippen LogP contribution in [0.25, 0.3) is 0 Å². The minimum absolute atomic E-state index is 0.126. The normalized spacial score (nSPS) is 9.42. The molecule has 0 rings (SSSR count). The average molecular weight is 190 g/mol. The van der Waals surface area contributed by atoms with Crippen LogP contribution in [0.4, 0.5) is 0 Å². The van der Waals surface area contributed by atoms with Crippen LogP contribution in [0, 0.1) is 0 Å². The van der Waals surface area contributed by atoms with E-state index in [1.165, 1.54) is 0 Å². The van der Waals surface area contributed by atoms with E-state index in [2.05, 4.69) is 4.43 Å². The fourth-order valence-corrected chi connectivity index (χ4v) is 0.798. The molecule has 0 spiro atoms. The van der Waals surface area contributed by atoms with Gasteiger partial charge in [-0.3, -0.25) is 9.59 Å². The highest BCUT2D eigenvalue weighted by atomic mass is 28.2. The predicted molar refractivity (Wildman–Crippen MR) is 46.5 cm³/mol. The number of hydrogen-bond acceptors (Lipinski definition) is 4. The zero-order valence-corrected chi connectivity index (χ0v) is 9.46. The van der Waals surface area contributed by atoms with E-state index in [1.807, 2.05) is 6.92 Å². The number of ether oxygens (including phenoxy) is 1. The maximum Gasteiger partial charge on any atom is 0.306 e. The van der Waals surface area contributed by atoms with Gasteiger partial charge in [-0.25, -0.2) is 0 Å². The van der Waals surface area contributed by atoms with E-state index in [0.717, 1.165) is 6.42 Å². The van der Waals surface area contributed by atoms with Crippen molar-refractivity contribution in [3.05, 3.63) is 0 Å². The van der Waals surface area contributed by atoms with E-state index in [4.69, 9.17) is 4.74 Å². The lowest BCUT2D eigenvalue weighted by Gasteiger charge is -2.01. The molecule has 0 aromatic rings.